The zero-order valence-electron chi connectivity index (χ0n) is 8.89. The third-order valence-electron chi connectivity index (χ3n) is 2.73. The highest BCUT2D eigenvalue weighted by Gasteiger charge is 2.28. The lowest BCUT2D eigenvalue weighted by atomic mass is 10.3. The lowest BCUT2D eigenvalue weighted by molar-refractivity contribution is 0.478. The fourth-order valence-electron chi connectivity index (χ4n) is 1.88. The van der Waals surface area contributed by atoms with Gasteiger partial charge in [-0.15, -0.1) is 0 Å². The minimum Gasteiger partial charge on any atom is -0.323 e. The SMILES string of the molecule is NNc1ccccc1S(=O)(=O)N1CCCC1. The van der Waals surface area contributed by atoms with Crippen molar-refractivity contribution in [1.82, 2.24) is 4.31 Å². The number of nitrogens with one attached hydrogen (secondary N) is 1. The first-order valence-corrected chi connectivity index (χ1v) is 6.66. The molecule has 0 atom stereocenters. The van der Waals surface area contributed by atoms with Crippen molar-refractivity contribution in [3.63, 3.8) is 0 Å². The molecule has 0 saturated carbocycles. The van der Waals surface area contributed by atoms with Gasteiger partial charge in [-0.2, -0.15) is 4.31 Å². The molecule has 0 aliphatic carbocycles. The van der Waals surface area contributed by atoms with Gasteiger partial charge in [-0.05, 0) is 25.0 Å². The maximum atomic E-state index is 12.2. The number of nitrogens with two attached hydrogens (primary N) is 1. The first kappa shape index (κ1) is 11.4. The number of para-hydroxylation sites is 1. The topological polar surface area (TPSA) is 75.4 Å². The van der Waals surface area contributed by atoms with Gasteiger partial charge in [0.15, 0.2) is 0 Å². The zero-order valence-corrected chi connectivity index (χ0v) is 9.70. The van der Waals surface area contributed by atoms with Crippen LogP contribution in [0.3, 0.4) is 0 Å². The molecule has 0 spiro atoms. The predicted octanol–water partition coefficient (Wildman–Crippen LogP) is 0.757. The van der Waals surface area contributed by atoms with Crippen LogP contribution < -0.4 is 11.3 Å². The summed E-state index contributed by atoms with van der Waals surface area (Å²) >= 11 is 0. The normalized spacial score (nSPS) is 17.6. The summed E-state index contributed by atoms with van der Waals surface area (Å²) in [5.74, 6) is 5.31. The van der Waals surface area contributed by atoms with Gasteiger partial charge in [0.2, 0.25) is 10.0 Å². The Morgan fingerprint density at radius 3 is 2.44 bits per heavy atom. The van der Waals surface area contributed by atoms with Gasteiger partial charge in [-0.25, -0.2) is 8.42 Å². The predicted molar refractivity (Wildman–Crippen MR) is 62.2 cm³/mol. The van der Waals surface area contributed by atoms with Crippen LogP contribution in [0.15, 0.2) is 29.2 Å². The van der Waals surface area contributed by atoms with Crippen molar-refractivity contribution in [2.45, 2.75) is 17.7 Å². The Morgan fingerprint density at radius 1 is 1.19 bits per heavy atom. The number of hydrazine groups is 1. The number of anilines is 1. The quantitative estimate of drug-likeness (QED) is 0.605. The summed E-state index contributed by atoms with van der Waals surface area (Å²) in [6.45, 7) is 1.20. The Kier molecular flexibility index (Phi) is 3.13. The first-order chi connectivity index (χ1) is 7.66. The van der Waals surface area contributed by atoms with E-state index in [-0.39, 0.29) is 4.90 Å². The van der Waals surface area contributed by atoms with Crippen LogP contribution in [0, 0.1) is 0 Å². The average Bonchev–Trinajstić information content (AvgIpc) is 2.83. The zero-order chi connectivity index (χ0) is 11.6. The van der Waals surface area contributed by atoms with Crippen LogP contribution in [0.1, 0.15) is 12.8 Å². The molecule has 1 saturated heterocycles. The van der Waals surface area contributed by atoms with Gasteiger partial charge in [0, 0.05) is 13.1 Å². The molecule has 1 aliphatic heterocycles. The molecule has 1 heterocycles. The van der Waals surface area contributed by atoms with E-state index < -0.39 is 10.0 Å². The van der Waals surface area contributed by atoms with E-state index in [0.717, 1.165) is 12.8 Å². The van der Waals surface area contributed by atoms with Crippen LogP contribution in [-0.2, 0) is 10.0 Å². The Hall–Kier alpha value is -1.11. The summed E-state index contributed by atoms with van der Waals surface area (Å²) in [4.78, 5) is 0.249. The summed E-state index contributed by atoms with van der Waals surface area (Å²) in [5.41, 5.74) is 2.86. The molecule has 1 aromatic rings. The Bertz CT molecular complexity index is 467. The molecule has 0 bridgehead atoms. The number of sulfonamides is 1. The number of nitrogens with zero attached hydrogens (tertiary/aromatic N) is 1. The smallest absolute Gasteiger partial charge is 0.245 e. The fourth-order valence-corrected chi connectivity index (χ4v) is 3.55. The molecule has 1 aliphatic rings. The molecule has 0 radical (unpaired) electrons. The molecule has 88 valence electrons. The second kappa shape index (κ2) is 4.40. The highest BCUT2D eigenvalue weighted by molar-refractivity contribution is 7.89. The monoisotopic (exact) mass is 241 g/mol. The first-order valence-electron chi connectivity index (χ1n) is 5.22. The van der Waals surface area contributed by atoms with Gasteiger partial charge < -0.3 is 5.43 Å². The molecule has 0 unspecified atom stereocenters. The van der Waals surface area contributed by atoms with Crippen molar-refractivity contribution in [3.8, 4) is 0 Å². The summed E-state index contributed by atoms with van der Waals surface area (Å²) in [7, 11) is -3.39. The van der Waals surface area contributed by atoms with E-state index >= 15 is 0 Å². The molecule has 2 rings (SSSR count). The summed E-state index contributed by atoms with van der Waals surface area (Å²) in [6, 6.07) is 6.67. The van der Waals surface area contributed by atoms with Crippen molar-refractivity contribution < 1.29 is 8.42 Å². The Morgan fingerprint density at radius 2 is 1.81 bits per heavy atom. The molecular weight excluding hydrogens is 226 g/mol. The standard InChI is InChI=1S/C10H15N3O2S/c11-12-9-5-1-2-6-10(9)16(14,15)13-7-3-4-8-13/h1-2,5-6,12H,3-4,7-8,11H2. The molecule has 1 aromatic carbocycles. The Labute approximate surface area is 95.3 Å². The van der Waals surface area contributed by atoms with Crippen LogP contribution in [0.4, 0.5) is 5.69 Å². The molecule has 0 aromatic heterocycles. The van der Waals surface area contributed by atoms with E-state index in [1.54, 1.807) is 24.3 Å². The van der Waals surface area contributed by atoms with E-state index in [2.05, 4.69) is 5.43 Å². The highest BCUT2D eigenvalue weighted by atomic mass is 32.2. The maximum Gasteiger partial charge on any atom is 0.245 e. The van der Waals surface area contributed by atoms with Crippen molar-refractivity contribution in [2.24, 2.45) is 5.84 Å². The van der Waals surface area contributed by atoms with Crippen LogP contribution in [-0.4, -0.2) is 25.8 Å². The van der Waals surface area contributed by atoms with Gasteiger partial charge >= 0.3 is 0 Å². The lowest BCUT2D eigenvalue weighted by Gasteiger charge is -2.17. The van der Waals surface area contributed by atoms with Crippen molar-refractivity contribution >= 4 is 15.7 Å². The van der Waals surface area contributed by atoms with Crippen LogP contribution >= 0.6 is 0 Å². The van der Waals surface area contributed by atoms with E-state index in [0.29, 0.717) is 18.8 Å². The number of nitrogen functional groups attached to an aromatic ring is 1. The van der Waals surface area contributed by atoms with Crippen molar-refractivity contribution in [1.29, 1.82) is 0 Å². The second-order valence-electron chi connectivity index (χ2n) is 3.75. The van der Waals surface area contributed by atoms with Crippen LogP contribution in [0.2, 0.25) is 0 Å². The van der Waals surface area contributed by atoms with E-state index in [1.807, 2.05) is 0 Å². The van der Waals surface area contributed by atoms with Gasteiger partial charge in [-0.1, -0.05) is 12.1 Å². The maximum absolute atomic E-state index is 12.2. The molecule has 1 fully saturated rings. The van der Waals surface area contributed by atoms with Gasteiger partial charge in [0.25, 0.3) is 0 Å². The Balaban J connectivity index is 2.42. The minimum absolute atomic E-state index is 0.249. The van der Waals surface area contributed by atoms with E-state index in [4.69, 9.17) is 5.84 Å². The minimum atomic E-state index is -3.39. The summed E-state index contributed by atoms with van der Waals surface area (Å²) < 4.78 is 26.0. The fraction of sp³-hybridized carbons (Fsp3) is 0.400. The summed E-state index contributed by atoms with van der Waals surface area (Å²) in [5, 5.41) is 0. The summed E-state index contributed by atoms with van der Waals surface area (Å²) in [6.07, 6.45) is 1.86. The number of hydrogen-bond acceptors (Lipinski definition) is 4. The van der Waals surface area contributed by atoms with Gasteiger partial charge in [0.05, 0.1) is 5.69 Å². The number of hydrogen-bond donors (Lipinski definition) is 2. The second-order valence-corrected chi connectivity index (χ2v) is 5.66. The van der Waals surface area contributed by atoms with Crippen LogP contribution in [0.5, 0.6) is 0 Å². The largest absolute Gasteiger partial charge is 0.323 e. The lowest BCUT2D eigenvalue weighted by Crippen LogP contribution is -2.29. The number of rotatable bonds is 3. The molecule has 5 nitrogen and oxygen atoms in total. The third kappa shape index (κ3) is 1.91. The van der Waals surface area contributed by atoms with Gasteiger partial charge in [-0.3, -0.25) is 5.84 Å². The molecule has 6 heteroatoms. The molecule has 0 amide bonds. The highest BCUT2D eigenvalue weighted by Crippen LogP contribution is 2.26. The molecule has 3 N–H and O–H groups in total. The van der Waals surface area contributed by atoms with Crippen molar-refractivity contribution in [2.75, 3.05) is 18.5 Å². The molecular formula is C10H15N3O2S. The van der Waals surface area contributed by atoms with E-state index in [9.17, 15) is 8.42 Å². The van der Waals surface area contributed by atoms with Crippen molar-refractivity contribution in [3.05, 3.63) is 24.3 Å². The third-order valence-corrected chi connectivity index (χ3v) is 4.68. The average molecular weight is 241 g/mol. The van der Waals surface area contributed by atoms with E-state index in [1.165, 1.54) is 4.31 Å². The van der Waals surface area contributed by atoms with Gasteiger partial charge in [0.1, 0.15) is 4.90 Å². The number of benzene rings is 1. The molecule has 16 heavy (non-hydrogen) atoms. The van der Waals surface area contributed by atoms with Crippen LogP contribution in [0.25, 0.3) is 0 Å².